The van der Waals surface area contributed by atoms with E-state index < -0.39 is 0 Å². The largest absolute Gasteiger partial charge is 0.347 e. The lowest BCUT2D eigenvalue weighted by molar-refractivity contribution is 0.0931. The summed E-state index contributed by atoms with van der Waals surface area (Å²) >= 11 is 0. The number of carbonyl (C=O) groups excluding carboxylic acids is 1. The van der Waals surface area contributed by atoms with Crippen LogP contribution in [0.25, 0.3) is 0 Å². The molecule has 88 valence electrons. The van der Waals surface area contributed by atoms with Gasteiger partial charge in [0.1, 0.15) is 5.69 Å². The van der Waals surface area contributed by atoms with Crippen LogP contribution in [0.1, 0.15) is 29.8 Å². The lowest BCUT2D eigenvalue weighted by atomic mass is 10.1. The lowest BCUT2D eigenvalue weighted by Gasteiger charge is -2.15. The van der Waals surface area contributed by atoms with E-state index in [0.29, 0.717) is 0 Å². The summed E-state index contributed by atoms with van der Waals surface area (Å²) in [5, 5.41) is 6.16. The average molecular weight is 224 g/mol. The van der Waals surface area contributed by atoms with Crippen LogP contribution in [-0.2, 0) is 0 Å². The van der Waals surface area contributed by atoms with E-state index >= 15 is 0 Å². The van der Waals surface area contributed by atoms with Crippen LogP contribution in [0.4, 0.5) is 0 Å². The summed E-state index contributed by atoms with van der Waals surface area (Å²) < 4.78 is 0. The van der Waals surface area contributed by atoms with Gasteiger partial charge in [-0.15, -0.1) is 0 Å². The van der Waals surface area contributed by atoms with Crippen LogP contribution < -0.4 is 16.3 Å². The Balaban J connectivity index is 1.93. The maximum absolute atomic E-state index is 11.7. The van der Waals surface area contributed by atoms with Gasteiger partial charge in [0.05, 0.1) is 0 Å². The molecule has 0 aromatic carbocycles. The van der Waals surface area contributed by atoms with Crippen molar-refractivity contribution >= 4 is 5.91 Å². The smallest absolute Gasteiger partial charge is 0.323 e. The Bertz CT molecular complexity index is 401. The molecule has 6 nitrogen and oxygen atoms in total. The zero-order chi connectivity index (χ0) is 11.4. The fraction of sp³-hybridized carbons (Fsp3) is 0.600. The van der Waals surface area contributed by atoms with Gasteiger partial charge in [0.2, 0.25) is 0 Å². The Hall–Kier alpha value is -1.56. The molecular weight excluding hydrogens is 208 g/mol. The van der Waals surface area contributed by atoms with Gasteiger partial charge in [-0.2, -0.15) is 0 Å². The first-order valence-electron chi connectivity index (χ1n) is 5.55. The zero-order valence-electron chi connectivity index (χ0n) is 9.01. The number of aromatic amines is 2. The average Bonchev–Trinajstić information content (AvgIpc) is 2.54. The van der Waals surface area contributed by atoms with E-state index in [9.17, 15) is 9.59 Å². The van der Waals surface area contributed by atoms with Crippen LogP contribution in [0.5, 0.6) is 0 Å². The summed E-state index contributed by atoms with van der Waals surface area (Å²) in [6.45, 7) is 1.80. The summed E-state index contributed by atoms with van der Waals surface area (Å²) in [5.41, 5.74) is -0.0709. The molecule has 4 N–H and O–H groups in total. The molecule has 6 heteroatoms. The van der Waals surface area contributed by atoms with Crippen molar-refractivity contribution in [3.05, 3.63) is 22.4 Å². The monoisotopic (exact) mass is 224 g/mol. The summed E-state index contributed by atoms with van der Waals surface area (Å²) in [7, 11) is 0. The fourth-order valence-electron chi connectivity index (χ4n) is 1.86. The Kier molecular flexibility index (Phi) is 3.40. The van der Waals surface area contributed by atoms with Crippen molar-refractivity contribution in [3.63, 3.8) is 0 Å². The van der Waals surface area contributed by atoms with Crippen LogP contribution in [-0.4, -0.2) is 35.0 Å². The summed E-state index contributed by atoms with van der Waals surface area (Å²) in [6, 6.07) is 0.147. The molecule has 0 bridgehead atoms. The molecule has 1 atom stereocenters. The molecule has 1 saturated heterocycles. The Labute approximate surface area is 92.8 Å². The fourth-order valence-corrected chi connectivity index (χ4v) is 1.86. The minimum atomic E-state index is -0.357. The van der Waals surface area contributed by atoms with Gasteiger partial charge in [-0.1, -0.05) is 6.42 Å². The number of hydrogen-bond donors (Lipinski definition) is 4. The first kappa shape index (κ1) is 10.9. The second-order valence-electron chi connectivity index (χ2n) is 4.03. The van der Waals surface area contributed by atoms with E-state index in [0.717, 1.165) is 32.4 Å². The van der Waals surface area contributed by atoms with Crippen LogP contribution in [0.15, 0.2) is 11.0 Å². The quantitative estimate of drug-likeness (QED) is 0.549. The Morgan fingerprint density at radius 3 is 3.06 bits per heavy atom. The van der Waals surface area contributed by atoms with Gasteiger partial charge in [0.15, 0.2) is 0 Å². The van der Waals surface area contributed by atoms with Gasteiger partial charge in [0.25, 0.3) is 5.91 Å². The van der Waals surface area contributed by atoms with E-state index in [2.05, 4.69) is 20.6 Å². The number of H-pyrrole nitrogens is 2. The highest BCUT2D eigenvalue weighted by Crippen LogP contribution is 2.04. The molecule has 1 aromatic rings. The highest BCUT2D eigenvalue weighted by molar-refractivity contribution is 5.92. The minimum Gasteiger partial charge on any atom is -0.347 e. The summed E-state index contributed by atoms with van der Waals surface area (Å²) in [5.74, 6) is -0.230. The molecule has 0 radical (unpaired) electrons. The minimum absolute atomic E-state index is 0.147. The number of hydrogen-bond acceptors (Lipinski definition) is 3. The third-order valence-corrected chi connectivity index (χ3v) is 2.72. The standard InChI is InChI=1S/C10H16N4O2/c15-9(8-6-12-10(16)14-8)13-7-3-1-2-4-11-5-7/h6-7,11H,1-5H2,(H,13,15)(H2,12,14,16). The number of aromatic nitrogens is 2. The maximum atomic E-state index is 11.7. The molecule has 0 saturated carbocycles. The van der Waals surface area contributed by atoms with E-state index in [4.69, 9.17) is 0 Å². The second kappa shape index (κ2) is 4.98. The number of carbonyl (C=O) groups is 1. The molecule has 16 heavy (non-hydrogen) atoms. The van der Waals surface area contributed by atoms with Crippen molar-refractivity contribution in [3.8, 4) is 0 Å². The summed E-state index contributed by atoms with van der Waals surface area (Å²) in [4.78, 5) is 27.4. The Morgan fingerprint density at radius 1 is 1.44 bits per heavy atom. The van der Waals surface area contributed by atoms with Crippen molar-refractivity contribution < 1.29 is 4.79 Å². The van der Waals surface area contributed by atoms with Gasteiger partial charge >= 0.3 is 5.69 Å². The third-order valence-electron chi connectivity index (χ3n) is 2.72. The number of rotatable bonds is 2. The maximum Gasteiger partial charge on any atom is 0.323 e. The van der Waals surface area contributed by atoms with Gasteiger partial charge in [0, 0.05) is 18.8 Å². The molecule has 2 rings (SSSR count). The van der Waals surface area contributed by atoms with Gasteiger partial charge in [-0.3, -0.25) is 4.79 Å². The predicted molar refractivity (Wildman–Crippen MR) is 59.4 cm³/mol. The predicted octanol–water partition coefficient (Wildman–Crippen LogP) is -0.425. The molecular formula is C10H16N4O2. The number of imidazole rings is 1. The molecule has 0 aliphatic carbocycles. The normalized spacial score (nSPS) is 21.4. The van der Waals surface area contributed by atoms with Crippen molar-refractivity contribution in [1.29, 1.82) is 0 Å². The van der Waals surface area contributed by atoms with Gasteiger partial charge < -0.3 is 20.6 Å². The molecule has 1 aliphatic heterocycles. The van der Waals surface area contributed by atoms with Crippen molar-refractivity contribution in [2.45, 2.75) is 25.3 Å². The van der Waals surface area contributed by atoms with E-state index in [1.54, 1.807) is 0 Å². The van der Waals surface area contributed by atoms with E-state index in [1.165, 1.54) is 6.20 Å². The molecule has 1 aliphatic rings. The first-order valence-corrected chi connectivity index (χ1v) is 5.55. The summed E-state index contributed by atoms with van der Waals surface area (Å²) in [6.07, 6.45) is 4.63. The lowest BCUT2D eigenvalue weighted by Crippen LogP contribution is -2.41. The molecule has 1 amide bonds. The van der Waals surface area contributed by atoms with E-state index in [-0.39, 0.29) is 23.3 Å². The SMILES string of the molecule is O=C(NC1CCCCNC1)c1c[nH]c(=O)[nH]1. The number of nitrogens with one attached hydrogen (secondary N) is 4. The van der Waals surface area contributed by atoms with Gasteiger partial charge in [-0.25, -0.2) is 4.79 Å². The van der Waals surface area contributed by atoms with Crippen LogP contribution >= 0.6 is 0 Å². The van der Waals surface area contributed by atoms with Crippen molar-refractivity contribution in [1.82, 2.24) is 20.6 Å². The molecule has 1 fully saturated rings. The van der Waals surface area contributed by atoms with Crippen molar-refractivity contribution in [2.75, 3.05) is 13.1 Å². The molecule has 1 aromatic heterocycles. The van der Waals surface area contributed by atoms with E-state index in [1.807, 2.05) is 0 Å². The second-order valence-corrected chi connectivity index (χ2v) is 4.03. The van der Waals surface area contributed by atoms with Crippen LogP contribution in [0.3, 0.4) is 0 Å². The highest BCUT2D eigenvalue weighted by atomic mass is 16.2. The molecule has 2 heterocycles. The van der Waals surface area contributed by atoms with Gasteiger partial charge in [-0.05, 0) is 19.4 Å². The van der Waals surface area contributed by atoms with Crippen LogP contribution in [0.2, 0.25) is 0 Å². The first-order chi connectivity index (χ1) is 7.75. The van der Waals surface area contributed by atoms with Crippen LogP contribution in [0, 0.1) is 0 Å². The number of amides is 1. The Morgan fingerprint density at radius 2 is 2.31 bits per heavy atom. The third kappa shape index (κ3) is 2.73. The van der Waals surface area contributed by atoms with Crippen molar-refractivity contribution in [2.24, 2.45) is 0 Å². The molecule has 0 spiro atoms. The zero-order valence-corrected chi connectivity index (χ0v) is 9.01. The molecule has 1 unspecified atom stereocenters. The highest BCUT2D eigenvalue weighted by Gasteiger charge is 2.16. The topological polar surface area (TPSA) is 89.8 Å².